The van der Waals surface area contributed by atoms with E-state index in [9.17, 15) is 9.59 Å². The molecule has 0 saturated heterocycles. The van der Waals surface area contributed by atoms with Crippen LogP contribution in [0.4, 0.5) is 5.82 Å². The summed E-state index contributed by atoms with van der Waals surface area (Å²) < 4.78 is 3.32. The summed E-state index contributed by atoms with van der Waals surface area (Å²) in [5, 5.41) is 12.6. The van der Waals surface area contributed by atoms with Crippen molar-refractivity contribution >= 4 is 28.3 Å². The van der Waals surface area contributed by atoms with Crippen molar-refractivity contribution in [1.29, 1.82) is 0 Å². The molecule has 0 saturated carbocycles. The summed E-state index contributed by atoms with van der Waals surface area (Å²) in [6, 6.07) is 16.9. The van der Waals surface area contributed by atoms with Gasteiger partial charge in [-0.2, -0.15) is 10.2 Å². The molecule has 0 unspecified atom stereocenters. The number of para-hydroxylation sites is 2. The van der Waals surface area contributed by atoms with Gasteiger partial charge in [0.25, 0.3) is 11.5 Å². The van der Waals surface area contributed by atoms with Crippen molar-refractivity contribution in [3.8, 4) is 5.69 Å². The number of amides is 1. The van der Waals surface area contributed by atoms with Crippen LogP contribution in [0.25, 0.3) is 22.2 Å². The number of nitrogens with one attached hydrogen (secondary N) is 2. The first-order valence-corrected chi connectivity index (χ1v) is 10.7. The molecule has 0 aliphatic carbocycles. The maximum Gasteiger partial charge on any atom is 0.262 e. The average molecular weight is 441 g/mol. The number of aromatic amines is 1. The van der Waals surface area contributed by atoms with Crippen molar-refractivity contribution in [3.05, 3.63) is 88.0 Å². The fourth-order valence-electron chi connectivity index (χ4n) is 3.85. The molecule has 33 heavy (non-hydrogen) atoms. The zero-order chi connectivity index (χ0) is 23.3. The summed E-state index contributed by atoms with van der Waals surface area (Å²) in [7, 11) is 0. The molecule has 3 aromatic heterocycles. The summed E-state index contributed by atoms with van der Waals surface area (Å²) in [5.41, 5.74) is 3.53. The Labute approximate surface area is 189 Å². The Hall–Kier alpha value is -4.20. The summed E-state index contributed by atoms with van der Waals surface area (Å²) in [6.07, 6.45) is 1.46. The van der Waals surface area contributed by atoms with Crippen LogP contribution in [-0.4, -0.2) is 30.3 Å². The lowest BCUT2D eigenvalue weighted by Gasteiger charge is -2.14. The van der Waals surface area contributed by atoms with Gasteiger partial charge in [-0.3, -0.25) is 9.59 Å². The van der Waals surface area contributed by atoms with Crippen molar-refractivity contribution in [2.45, 2.75) is 33.1 Å². The van der Waals surface area contributed by atoms with Gasteiger partial charge in [0.1, 0.15) is 17.0 Å². The SMILES string of the molecule is Cc1ccccc1-n1nc(C(C)(C)C)cc1NC(=O)c1cnn2c1[nH]c(=O)c1ccccc12. The number of fused-ring (bicyclic) bond motifs is 3. The minimum absolute atomic E-state index is 0.206. The predicted octanol–water partition coefficient (Wildman–Crippen LogP) is 4.22. The van der Waals surface area contributed by atoms with Gasteiger partial charge in [0, 0.05) is 11.5 Å². The minimum Gasteiger partial charge on any atom is -0.306 e. The zero-order valence-electron chi connectivity index (χ0n) is 18.9. The molecule has 0 aliphatic rings. The quantitative estimate of drug-likeness (QED) is 0.439. The van der Waals surface area contributed by atoms with Crippen LogP contribution in [0.5, 0.6) is 0 Å². The number of aromatic nitrogens is 5. The van der Waals surface area contributed by atoms with Gasteiger partial charge >= 0.3 is 0 Å². The molecule has 166 valence electrons. The highest BCUT2D eigenvalue weighted by atomic mass is 16.2. The van der Waals surface area contributed by atoms with E-state index in [4.69, 9.17) is 5.10 Å². The van der Waals surface area contributed by atoms with Crippen LogP contribution in [0.1, 0.15) is 42.4 Å². The molecule has 0 atom stereocenters. The van der Waals surface area contributed by atoms with Crippen LogP contribution in [0, 0.1) is 6.92 Å². The highest BCUT2D eigenvalue weighted by Crippen LogP contribution is 2.28. The van der Waals surface area contributed by atoms with Gasteiger partial charge in [0.15, 0.2) is 0 Å². The van der Waals surface area contributed by atoms with Crippen LogP contribution in [0.3, 0.4) is 0 Å². The van der Waals surface area contributed by atoms with Crippen LogP contribution < -0.4 is 10.9 Å². The zero-order valence-corrected chi connectivity index (χ0v) is 18.9. The maximum atomic E-state index is 13.3. The number of hydrogen-bond acceptors (Lipinski definition) is 4. The molecule has 0 fully saturated rings. The third-order valence-electron chi connectivity index (χ3n) is 5.69. The minimum atomic E-state index is -0.383. The molecule has 0 bridgehead atoms. The summed E-state index contributed by atoms with van der Waals surface area (Å²) in [4.78, 5) is 28.7. The largest absolute Gasteiger partial charge is 0.306 e. The molecule has 8 heteroatoms. The van der Waals surface area contributed by atoms with E-state index in [1.165, 1.54) is 6.20 Å². The second-order valence-corrected chi connectivity index (χ2v) is 9.11. The molecule has 2 N–H and O–H groups in total. The van der Waals surface area contributed by atoms with E-state index in [-0.39, 0.29) is 22.4 Å². The highest BCUT2D eigenvalue weighted by molar-refractivity contribution is 6.08. The van der Waals surface area contributed by atoms with Crippen molar-refractivity contribution in [2.75, 3.05) is 5.32 Å². The van der Waals surface area contributed by atoms with Crippen LogP contribution in [0.2, 0.25) is 0 Å². The number of carbonyl (C=O) groups excluding carboxylic acids is 1. The Kier molecular flexibility index (Phi) is 4.67. The normalized spacial score (nSPS) is 11.9. The number of benzene rings is 2. The molecule has 2 aromatic carbocycles. The third-order valence-corrected chi connectivity index (χ3v) is 5.69. The Morgan fingerprint density at radius 3 is 2.55 bits per heavy atom. The first-order chi connectivity index (χ1) is 15.7. The lowest BCUT2D eigenvalue weighted by Crippen LogP contribution is -2.17. The lowest BCUT2D eigenvalue weighted by molar-refractivity contribution is 0.102. The summed E-state index contributed by atoms with van der Waals surface area (Å²) in [5.74, 6) is 0.160. The highest BCUT2D eigenvalue weighted by Gasteiger charge is 2.23. The van der Waals surface area contributed by atoms with Gasteiger partial charge in [-0.1, -0.05) is 51.1 Å². The molecule has 5 aromatic rings. The number of H-pyrrole nitrogens is 1. The van der Waals surface area contributed by atoms with E-state index < -0.39 is 0 Å². The number of rotatable bonds is 3. The van der Waals surface area contributed by atoms with Gasteiger partial charge in [0.2, 0.25) is 0 Å². The topological polar surface area (TPSA) is 97.1 Å². The number of carbonyl (C=O) groups is 1. The fourth-order valence-corrected chi connectivity index (χ4v) is 3.85. The molecule has 0 radical (unpaired) electrons. The maximum absolute atomic E-state index is 13.3. The molecule has 8 nitrogen and oxygen atoms in total. The van der Waals surface area contributed by atoms with Crippen molar-refractivity contribution < 1.29 is 4.79 Å². The molecular formula is C25H24N6O2. The molecule has 1 amide bonds. The average Bonchev–Trinajstić information content (AvgIpc) is 3.39. The Balaban J connectivity index is 1.61. The number of hydrogen-bond donors (Lipinski definition) is 2. The monoisotopic (exact) mass is 440 g/mol. The molecular weight excluding hydrogens is 416 g/mol. The summed E-state index contributed by atoms with van der Waals surface area (Å²) >= 11 is 0. The van der Waals surface area contributed by atoms with Gasteiger partial charge in [-0.15, -0.1) is 0 Å². The van der Waals surface area contributed by atoms with Crippen molar-refractivity contribution in [3.63, 3.8) is 0 Å². The first-order valence-electron chi connectivity index (χ1n) is 10.7. The third kappa shape index (κ3) is 3.49. The first kappa shape index (κ1) is 20.7. The van der Waals surface area contributed by atoms with E-state index >= 15 is 0 Å². The van der Waals surface area contributed by atoms with Crippen molar-refractivity contribution in [1.82, 2.24) is 24.4 Å². The van der Waals surface area contributed by atoms with E-state index in [1.54, 1.807) is 27.4 Å². The number of nitrogens with zero attached hydrogens (tertiary/aromatic N) is 4. The smallest absolute Gasteiger partial charge is 0.262 e. The van der Waals surface area contributed by atoms with Gasteiger partial charge in [-0.05, 0) is 30.7 Å². The summed E-state index contributed by atoms with van der Waals surface area (Å²) in [6.45, 7) is 8.22. The van der Waals surface area contributed by atoms with E-state index in [0.717, 1.165) is 16.9 Å². The second kappa shape index (κ2) is 7.44. The number of aryl methyl sites for hydroxylation is 1. The van der Waals surface area contributed by atoms with E-state index in [0.29, 0.717) is 22.4 Å². The van der Waals surface area contributed by atoms with Crippen LogP contribution in [0.15, 0.2) is 65.6 Å². The predicted molar refractivity (Wildman–Crippen MR) is 128 cm³/mol. The Morgan fingerprint density at radius 2 is 1.79 bits per heavy atom. The standard InChI is InChI=1S/C25H24N6O2/c1-15-9-5-7-11-18(15)30-21(13-20(29-30)25(2,3)4)27-24(33)17-14-26-31-19-12-8-6-10-16(19)23(32)28-22(17)31/h5-14H,1-4H3,(H,27,33)(H,28,32). The molecule has 0 spiro atoms. The van der Waals surface area contributed by atoms with Gasteiger partial charge in [-0.25, -0.2) is 9.20 Å². The Morgan fingerprint density at radius 1 is 1.06 bits per heavy atom. The molecule has 5 rings (SSSR count). The van der Waals surface area contributed by atoms with E-state index in [2.05, 4.69) is 36.2 Å². The van der Waals surface area contributed by atoms with Crippen molar-refractivity contribution in [2.24, 2.45) is 0 Å². The Bertz CT molecular complexity index is 1580. The second-order valence-electron chi connectivity index (χ2n) is 9.11. The van der Waals surface area contributed by atoms with Gasteiger partial charge in [0.05, 0.1) is 28.5 Å². The van der Waals surface area contributed by atoms with E-state index in [1.807, 2.05) is 43.3 Å². The van der Waals surface area contributed by atoms with Gasteiger partial charge < -0.3 is 10.3 Å². The molecule has 0 aliphatic heterocycles. The van der Waals surface area contributed by atoms with Crippen LogP contribution >= 0.6 is 0 Å². The lowest BCUT2D eigenvalue weighted by atomic mass is 9.92. The van der Waals surface area contributed by atoms with Crippen LogP contribution in [-0.2, 0) is 5.41 Å². The fraction of sp³-hybridized carbons (Fsp3) is 0.200. The molecule has 3 heterocycles. The number of anilines is 1.